The molecule has 44 heavy (non-hydrogen) atoms. The summed E-state index contributed by atoms with van der Waals surface area (Å²) in [5.41, 5.74) is 14.0. The first-order chi connectivity index (χ1) is 21.6. The Morgan fingerprint density at radius 1 is 0.591 bits per heavy atom. The molecule has 2 aliphatic heterocycles. The molecular formula is C40H37BN2Si. The van der Waals surface area contributed by atoms with Crippen LogP contribution in [0.15, 0.2) is 115 Å². The second kappa shape index (κ2) is 9.87. The normalized spacial score (nSPS) is 16.4. The van der Waals surface area contributed by atoms with Crippen molar-refractivity contribution in [3.05, 3.63) is 127 Å². The largest absolute Gasteiger partial charge is 0.313 e. The molecule has 9 rings (SSSR count). The van der Waals surface area contributed by atoms with Gasteiger partial charge < -0.3 is 9.47 Å². The van der Waals surface area contributed by atoms with Gasteiger partial charge in [0.2, 0.25) is 6.71 Å². The van der Waals surface area contributed by atoms with Crippen LogP contribution in [0.1, 0.15) is 36.9 Å². The second-order valence-electron chi connectivity index (χ2n) is 13.5. The summed E-state index contributed by atoms with van der Waals surface area (Å²) in [6.07, 6.45) is 7.54. The number of hydrogen-bond donors (Lipinski definition) is 0. The summed E-state index contributed by atoms with van der Waals surface area (Å²) < 4.78 is 2.61. The minimum Gasteiger partial charge on any atom is -0.313 e. The van der Waals surface area contributed by atoms with E-state index in [0.29, 0.717) is 0 Å². The number of para-hydroxylation sites is 2. The summed E-state index contributed by atoms with van der Waals surface area (Å²) in [7, 11) is -1.88. The summed E-state index contributed by atoms with van der Waals surface area (Å²) in [5.74, 6) is 0. The van der Waals surface area contributed by atoms with Crippen molar-refractivity contribution in [2.24, 2.45) is 0 Å². The van der Waals surface area contributed by atoms with Gasteiger partial charge in [0.1, 0.15) is 8.07 Å². The average molecular weight is 585 g/mol. The van der Waals surface area contributed by atoms with E-state index in [9.17, 15) is 0 Å². The Labute approximate surface area is 262 Å². The van der Waals surface area contributed by atoms with E-state index in [4.69, 9.17) is 0 Å². The third kappa shape index (κ3) is 3.67. The zero-order chi connectivity index (χ0) is 29.4. The van der Waals surface area contributed by atoms with Crippen molar-refractivity contribution in [2.75, 3.05) is 4.90 Å². The maximum Gasteiger partial charge on any atom is 0.246 e. The monoisotopic (exact) mass is 584 g/mol. The van der Waals surface area contributed by atoms with Gasteiger partial charge in [-0.15, -0.1) is 0 Å². The summed E-state index contributed by atoms with van der Waals surface area (Å²) in [6.45, 7) is 5.31. The smallest absolute Gasteiger partial charge is 0.246 e. The SMILES string of the molecule is C[Si]1(C)c2ccccc2B2c3ccc(-n4c5c(c6ccccc64)CCCCCC5)cc3N(c3ccccc3)c3cccc1c32. The van der Waals surface area contributed by atoms with Gasteiger partial charge in [0, 0.05) is 33.8 Å². The number of fused-ring (bicyclic) bond motifs is 7. The highest BCUT2D eigenvalue weighted by atomic mass is 28.3. The number of aryl methyl sites for hydroxylation is 1. The van der Waals surface area contributed by atoms with E-state index >= 15 is 0 Å². The highest BCUT2D eigenvalue weighted by molar-refractivity contribution is 7.15. The quantitative estimate of drug-likeness (QED) is 0.205. The van der Waals surface area contributed by atoms with E-state index < -0.39 is 8.07 Å². The van der Waals surface area contributed by atoms with E-state index in [2.05, 4.69) is 138 Å². The lowest BCUT2D eigenvalue weighted by Crippen LogP contribution is -2.78. The Morgan fingerprint density at radius 2 is 1.34 bits per heavy atom. The Morgan fingerprint density at radius 3 is 2.23 bits per heavy atom. The molecule has 0 saturated carbocycles. The highest BCUT2D eigenvalue weighted by Crippen LogP contribution is 2.39. The van der Waals surface area contributed by atoms with E-state index in [-0.39, 0.29) is 6.71 Å². The van der Waals surface area contributed by atoms with Gasteiger partial charge in [0.25, 0.3) is 0 Å². The number of aromatic nitrogens is 1. The molecule has 6 aromatic rings. The van der Waals surface area contributed by atoms with Crippen LogP contribution in [-0.2, 0) is 12.8 Å². The van der Waals surface area contributed by atoms with Crippen LogP contribution in [0.3, 0.4) is 0 Å². The molecule has 1 aromatic heterocycles. The van der Waals surface area contributed by atoms with Gasteiger partial charge >= 0.3 is 0 Å². The van der Waals surface area contributed by atoms with Crippen LogP contribution in [-0.4, -0.2) is 19.4 Å². The van der Waals surface area contributed by atoms with Crippen molar-refractivity contribution < 1.29 is 0 Å². The number of hydrogen-bond acceptors (Lipinski definition) is 1. The minimum atomic E-state index is -1.88. The first kappa shape index (κ1) is 26.2. The van der Waals surface area contributed by atoms with E-state index in [1.807, 2.05) is 0 Å². The molecule has 3 heterocycles. The number of benzene rings is 5. The highest BCUT2D eigenvalue weighted by Gasteiger charge is 2.46. The minimum absolute atomic E-state index is 0.240. The first-order valence-corrected chi connectivity index (χ1v) is 19.5. The molecule has 0 unspecified atom stereocenters. The van der Waals surface area contributed by atoms with Crippen molar-refractivity contribution >= 4 is 69.5 Å². The molecule has 0 bridgehead atoms. The summed E-state index contributed by atoms with van der Waals surface area (Å²) in [4.78, 5) is 2.56. The molecule has 0 amide bonds. The van der Waals surface area contributed by atoms with Crippen LogP contribution >= 0.6 is 0 Å². The van der Waals surface area contributed by atoms with Crippen LogP contribution in [0.25, 0.3) is 16.6 Å². The first-order valence-electron chi connectivity index (χ1n) is 16.5. The van der Waals surface area contributed by atoms with Gasteiger partial charge in [-0.1, -0.05) is 121 Å². The zero-order valence-electron chi connectivity index (χ0n) is 25.7. The predicted molar refractivity (Wildman–Crippen MR) is 192 cm³/mol. The Balaban J connectivity index is 1.34. The molecule has 0 atom stereocenters. The number of anilines is 3. The lowest BCUT2D eigenvalue weighted by Gasteiger charge is -2.44. The molecule has 0 spiro atoms. The fourth-order valence-corrected chi connectivity index (χ4v) is 12.0. The van der Waals surface area contributed by atoms with E-state index in [1.165, 1.54) is 87.8 Å². The number of nitrogens with zero attached hydrogens (tertiary/aromatic N) is 2. The molecule has 214 valence electrons. The van der Waals surface area contributed by atoms with Crippen molar-refractivity contribution in [1.29, 1.82) is 0 Å². The third-order valence-corrected chi connectivity index (χ3v) is 14.3. The van der Waals surface area contributed by atoms with Crippen LogP contribution in [0.2, 0.25) is 13.1 Å². The van der Waals surface area contributed by atoms with Crippen LogP contribution in [0, 0.1) is 0 Å². The maximum absolute atomic E-state index is 2.61. The van der Waals surface area contributed by atoms with Gasteiger partial charge in [0.05, 0.1) is 5.52 Å². The molecule has 1 aliphatic carbocycles. The molecule has 4 heteroatoms. The zero-order valence-corrected chi connectivity index (χ0v) is 26.7. The predicted octanol–water partition coefficient (Wildman–Crippen LogP) is 6.72. The van der Waals surface area contributed by atoms with Gasteiger partial charge in [-0.25, -0.2) is 0 Å². The van der Waals surface area contributed by atoms with Crippen LogP contribution < -0.4 is 31.7 Å². The Kier molecular flexibility index (Phi) is 5.87. The fraction of sp³-hybridized carbons (Fsp3) is 0.200. The van der Waals surface area contributed by atoms with Gasteiger partial charge in [-0.2, -0.15) is 0 Å². The van der Waals surface area contributed by atoms with E-state index in [0.717, 1.165) is 6.42 Å². The van der Waals surface area contributed by atoms with Crippen molar-refractivity contribution in [3.63, 3.8) is 0 Å². The molecule has 0 fully saturated rings. The standard InChI is InChI=1S/C40H37BN2Si/c1-44(2)38-23-13-11-19-33(38)41-32-26-25-29(43-34-20-9-4-3-8-17-30(34)31-18-10-12-21-35(31)43)27-37(32)42(28-15-6-5-7-16-28)36-22-14-24-39(44)40(36)41/h5-7,10-16,18-19,21-27H,3-4,8-9,17,20H2,1-2H3. The molecule has 5 aromatic carbocycles. The van der Waals surface area contributed by atoms with E-state index in [1.54, 1.807) is 15.9 Å². The molecule has 0 N–H and O–H groups in total. The van der Waals surface area contributed by atoms with Crippen molar-refractivity contribution in [1.82, 2.24) is 4.57 Å². The average Bonchev–Trinajstić information content (AvgIpc) is 3.34. The molecule has 3 aliphatic rings. The topological polar surface area (TPSA) is 8.17 Å². The molecule has 0 radical (unpaired) electrons. The summed E-state index contributed by atoms with van der Waals surface area (Å²) >= 11 is 0. The molecule has 0 saturated heterocycles. The van der Waals surface area contributed by atoms with Crippen molar-refractivity contribution in [3.8, 4) is 5.69 Å². The van der Waals surface area contributed by atoms with Gasteiger partial charge in [0.15, 0.2) is 0 Å². The Hall–Kier alpha value is -4.28. The molecular weight excluding hydrogens is 547 g/mol. The third-order valence-electron chi connectivity index (χ3n) is 10.7. The summed E-state index contributed by atoms with van der Waals surface area (Å²) in [5, 5.41) is 4.59. The number of rotatable bonds is 2. The lowest BCUT2D eigenvalue weighted by atomic mass is 9.35. The van der Waals surface area contributed by atoms with Crippen LogP contribution in [0.4, 0.5) is 17.1 Å². The van der Waals surface area contributed by atoms with Gasteiger partial charge in [-0.05, 0) is 78.6 Å². The maximum atomic E-state index is 2.61. The molecule has 2 nitrogen and oxygen atoms in total. The Bertz CT molecular complexity index is 2080. The van der Waals surface area contributed by atoms with Gasteiger partial charge in [-0.3, -0.25) is 0 Å². The second-order valence-corrected chi connectivity index (χ2v) is 17.8. The lowest BCUT2D eigenvalue weighted by molar-refractivity contribution is 0.608. The summed E-state index contributed by atoms with van der Waals surface area (Å²) in [6, 6.07) is 44.0. The van der Waals surface area contributed by atoms with Crippen LogP contribution in [0.5, 0.6) is 0 Å². The van der Waals surface area contributed by atoms with Crippen molar-refractivity contribution in [2.45, 2.75) is 51.6 Å². The fourth-order valence-electron chi connectivity index (χ4n) is 8.78.